The predicted molar refractivity (Wildman–Crippen MR) is 464 cm³/mol. The normalized spacial score (nSPS) is 48.8. The Bertz CT molecular complexity index is 4160. The monoisotopic (exact) mass is 2020 g/mol. The molecule has 0 aromatic carbocycles. The lowest BCUT2D eigenvalue weighted by Crippen LogP contribution is -2.69. The highest BCUT2D eigenvalue weighted by molar-refractivity contribution is 5.80. The average molecular weight is 2020 g/mol. The first-order chi connectivity index (χ1) is 65.7. The van der Waals surface area contributed by atoms with Crippen molar-refractivity contribution in [2.75, 3.05) is 39.6 Å². The van der Waals surface area contributed by atoms with Crippen LogP contribution in [0, 0.1) is 62.1 Å². The number of carboxylic acids is 1. The van der Waals surface area contributed by atoms with E-state index in [0.717, 1.165) is 11.9 Å². The van der Waals surface area contributed by atoms with Crippen LogP contribution in [-0.4, -0.2) is 450 Å². The summed E-state index contributed by atoms with van der Waals surface area (Å²) >= 11 is 0. The molecule has 140 heavy (non-hydrogen) atoms. The van der Waals surface area contributed by atoms with Crippen LogP contribution < -0.4 is 0 Å². The molecule has 0 radical (unpaired) electrons. The van der Waals surface area contributed by atoms with Gasteiger partial charge in [0.05, 0.1) is 101 Å². The smallest absolute Gasteiger partial charge is 0.335 e. The average Bonchev–Trinajstić information content (AvgIpc) is 0.739. The van der Waals surface area contributed by atoms with Crippen LogP contribution in [0.15, 0.2) is 11.6 Å². The van der Waals surface area contributed by atoms with Gasteiger partial charge in [0, 0.05) is 12.8 Å². The summed E-state index contributed by atoms with van der Waals surface area (Å²) in [5.74, 6) is -7.37. The standard InChI is InChI=1S/C93H150O47/c1-13-36(3)45(127-54(103)25-41(100)24-46(37(4)14-2)128-80-62(111)58(107)49(31-96)129-80)23-40(99)26-55(104)133-70-39(6)126-83(74(66(70)115)138-79-65(114)61(110)69(38(5)125-79)134-78-68(117)71(44(101)32-123-78)135-85-76(118)92(122,34-98)35-124-85)140-86(121)93-22-21-87(7,8)27-43(93)42-15-16-51-88(9)19-18-53(89(10,33-97)50(88)17-20-90(51,11)91(42,12)28-52(93)102)132-84-75(139-82-64(113)60(109)57(106)48(30-95)131-82)72(67(116)73(137-84)77(119)120)136-81-63(112)59(108)56(105)47(29-94)130-81/h15,33,36-41,43-53,56-76,78-85,94-96,98-102,105-118,122H,13-14,16-32,34-35H2,1-12H3,(H,119,120)/t36-,37-,38?,39?,40-,41-,43?,44?,45-,46-,47?,48?,49-,50?,51?,52+,53-,56+,57-,58?,59-,60-,61+,62?,63?,64?,65?,66?,67+,68-,69-,70+,71-,72-,73?,74+,75?,76?,78?,79-,80+,81-,82-,83-,84+,85-,88-,89-,90+,91+,92+,93+/m0/s1. The van der Waals surface area contributed by atoms with E-state index in [2.05, 4.69) is 19.9 Å². The van der Waals surface area contributed by atoms with Crippen molar-refractivity contribution in [1.29, 1.82) is 0 Å². The van der Waals surface area contributed by atoms with Crippen LogP contribution in [0.2, 0.25) is 0 Å². The number of aldehydes is 1. The predicted octanol–water partition coefficient (Wildman–Crippen LogP) is -6.32. The van der Waals surface area contributed by atoms with Gasteiger partial charge in [-0.3, -0.25) is 14.4 Å². The first kappa shape index (κ1) is 113. The van der Waals surface area contributed by atoms with Crippen molar-refractivity contribution in [2.45, 2.75) is 437 Å². The highest BCUT2D eigenvalue weighted by atomic mass is 16.8. The molecule has 0 amide bonds. The second-order valence-corrected chi connectivity index (χ2v) is 43.0. The molecular formula is C93H150O47. The number of aliphatic carboxylic acids is 1. The van der Waals surface area contributed by atoms with Crippen LogP contribution in [0.25, 0.3) is 0 Å². The van der Waals surface area contributed by atoms with E-state index in [1.54, 1.807) is 27.7 Å². The van der Waals surface area contributed by atoms with E-state index < -0.39 is 384 Å². The van der Waals surface area contributed by atoms with Crippen molar-refractivity contribution in [3.8, 4) is 0 Å². The number of carbonyl (C=O) groups excluding carboxylic acids is 4. The van der Waals surface area contributed by atoms with E-state index in [-0.39, 0.29) is 63.2 Å². The number of fused-ring (bicyclic) bond motifs is 7. The number of allylic oxidation sites excluding steroid dienone is 2. The zero-order valence-corrected chi connectivity index (χ0v) is 80.7. The van der Waals surface area contributed by atoms with Gasteiger partial charge in [-0.15, -0.1) is 0 Å². The van der Waals surface area contributed by atoms with E-state index in [1.165, 1.54) is 13.8 Å². The van der Waals surface area contributed by atoms with Crippen LogP contribution in [0.3, 0.4) is 0 Å². The number of rotatable bonds is 36. The Labute approximate surface area is 808 Å². The number of esters is 3. The molecule has 13 aliphatic rings. The highest BCUT2D eigenvalue weighted by Gasteiger charge is 2.74. The maximum absolute atomic E-state index is 16.4. The first-order valence-corrected chi connectivity index (χ1v) is 48.9. The van der Waals surface area contributed by atoms with Crippen molar-refractivity contribution in [1.82, 2.24) is 0 Å². The van der Waals surface area contributed by atoms with Gasteiger partial charge in [-0.1, -0.05) is 93.7 Å². The molecule has 47 nitrogen and oxygen atoms in total. The number of hydrogen-bond acceptors (Lipinski definition) is 46. The third-order valence-corrected chi connectivity index (χ3v) is 33.7. The van der Waals surface area contributed by atoms with Crippen molar-refractivity contribution in [3.63, 3.8) is 0 Å². The van der Waals surface area contributed by atoms with Gasteiger partial charge in [0.15, 0.2) is 62.3 Å². The van der Waals surface area contributed by atoms with Crippen LogP contribution in [0.1, 0.15) is 179 Å². The molecule has 52 atom stereocenters. The molecule has 804 valence electrons. The Hall–Kier alpha value is -4.23. The van der Waals surface area contributed by atoms with Gasteiger partial charge in [-0.05, 0) is 123 Å². The van der Waals surface area contributed by atoms with Gasteiger partial charge < -0.3 is 213 Å². The van der Waals surface area contributed by atoms with Crippen LogP contribution >= 0.6 is 0 Å². The number of hydrogen-bond donors (Lipinski definition) is 24. The van der Waals surface area contributed by atoms with Crippen LogP contribution in [0.5, 0.6) is 0 Å². The number of carbonyl (C=O) groups is 5. The number of aliphatic hydroxyl groups is 23. The topological polar surface area (TPSA) is 737 Å². The lowest BCUT2D eigenvalue weighted by molar-refractivity contribution is -0.395. The number of ether oxygens (including phenoxy) is 18. The Morgan fingerprint density at radius 3 is 1.61 bits per heavy atom. The van der Waals surface area contributed by atoms with Gasteiger partial charge in [-0.2, -0.15) is 0 Å². The minimum absolute atomic E-state index is 0.00295. The summed E-state index contributed by atoms with van der Waals surface area (Å²) in [7, 11) is 0. The van der Waals surface area contributed by atoms with Crippen molar-refractivity contribution < 1.29 is 232 Å². The molecule has 4 saturated carbocycles. The lowest BCUT2D eigenvalue weighted by atomic mass is 9.33. The third-order valence-electron chi connectivity index (χ3n) is 33.7. The summed E-state index contributed by atoms with van der Waals surface area (Å²) in [5.41, 5.74) is -7.83. The second-order valence-electron chi connectivity index (χ2n) is 43.0. The first-order valence-electron chi connectivity index (χ1n) is 48.9. The molecule has 8 saturated heterocycles. The molecule has 0 spiro atoms. The molecule has 8 heterocycles. The highest BCUT2D eigenvalue weighted by Crippen LogP contribution is 2.76. The molecule has 47 heteroatoms. The van der Waals surface area contributed by atoms with E-state index in [1.807, 2.05) is 27.7 Å². The molecule has 0 aromatic heterocycles. The second kappa shape index (κ2) is 44.9. The van der Waals surface area contributed by atoms with Crippen molar-refractivity contribution in [2.24, 2.45) is 62.1 Å². The molecule has 18 unspecified atom stereocenters. The van der Waals surface area contributed by atoms with E-state index >= 15 is 4.79 Å². The van der Waals surface area contributed by atoms with Crippen LogP contribution in [0.4, 0.5) is 0 Å². The van der Waals surface area contributed by atoms with E-state index in [9.17, 15) is 142 Å². The fraction of sp³-hybridized carbons (Fsp3) is 0.925. The summed E-state index contributed by atoms with van der Waals surface area (Å²) in [4.78, 5) is 72.2. The quantitative estimate of drug-likeness (QED) is 0.00912. The lowest BCUT2D eigenvalue weighted by Gasteiger charge is -2.71. The minimum atomic E-state index is -2.34. The minimum Gasteiger partial charge on any atom is -0.479 e. The molecule has 8 aliphatic heterocycles. The Morgan fingerprint density at radius 2 is 1.03 bits per heavy atom. The summed E-state index contributed by atoms with van der Waals surface area (Å²) in [6.07, 6.45) is -69.8. The summed E-state index contributed by atoms with van der Waals surface area (Å²) in [5, 5.41) is 267. The summed E-state index contributed by atoms with van der Waals surface area (Å²) in [6, 6.07) is 0. The zero-order valence-electron chi connectivity index (χ0n) is 80.7. The molecule has 12 fully saturated rings. The molecule has 13 rings (SSSR count). The zero-order chi connectivity index (χ0) is 103. The van der Waals surface area contributed by atoms with E-state index in [0.29, 0.717) is 32.1 Å². The molecule has 0 bridgehead atoms. The van der Waals surface area contributed by atoms with Gasteiger partial charge in [0.2, 0.25) is 6.29 Å². The Kier molecular flexibility index (Phi) is 36.2. The van der Waals surface area contributed by atoms with Crippen LogP contribution in [-0.2, 0) is 109 Å². The maximum Gasteiger partial charge on any atom is 0.335 e. The fourth-order valence-corrected chi connectivity index (χ4v) is 24.4. The van der Waals surface area contributed by atoms with Gasteiger partial charge in [0.1, 0.15) is 158 Å². The van der Waals surface area contributed by atoms with Crippen molar-refractivity contribution >= 4 is 30.2 Å². The Morgan fingerprint density at radius 1 is 0.500 bits per heavy atom. The Balaban J connectivity index is 0.751. The molecule has 24 N–H and O–H groups in total. The SMILES string of the molecule is CC[C@H](C)[C@H](C[C@H](O)CC(=O)O[C@@H]1C(C)O[C@@H](OC(=O)[C@]23CCC(C)(C)CC2C2=CCC4[C@@]5(C)CC[C@H](O[C@@H]6OC(C(=O)O)[C@H](O)[C@H](O[C@@H]7OC(CO)[C@@H](O)[C@H](O)C7O)C6O[C@@H]6OC(CO)[C@H](O)[C@H](O)C6O)[C@@](C)(C=O)C5CC[C@@]4(C)[C@]2(C)C[C@H]3O)[C@H](O[C@@H]2OC(C)[C@H](OC3OCC(O)[C@H](O[C@@H]4OC[C@](O)(CO)C4O)[C@@H]3O)[C@H](O)C2O)C1O)OC(=O)C[C@@H](O)C[C@H](O[C@@H]1O[C@@H](CO)C(O)C1O)[C@@H](C)CC. The fourth-order valence-electron chi connectivity index (χ4n) is 24.4. The number of carboxylic acid groups (broad SMARTS) is 1. The summed E-state index contributed by atoms with van der Waals surface area (Å²) < 4.78 is 108. The number of aliphatic hydroxyl groups excluding tert-OH is 22. The van der Waals surface area contributed by atoms with Gasteiger partial charge >= 0.3 is 23.9 Å². The van der Waals surface area contributed by atoms with Gasteiger partial charge in [0.25, 0.3) is 0 Å². The molecule has 0 aromatic rings. The third kappa shape index (κ3) is 21.7. The largest absolute Gasteiger partial charge is 0.479 e. The maximum atomic E-state index is 16.4. The molecule has 5 aliphatic carbocycles. The molecular weight excluding hydrogens is 1870 g/mol. The van der Waals surface area contributed by atoms with E-state index in [4.69, 9.17) is 85.3 Å². The summed E-state index contributed by atoms with van der Waals surface area (Å²) in [6.45, 7) is 17.1. The van der Waals surface area contributed by atoms with Gasteiger partial charge in [-0.25, -0.2) is 4.79 Å². The van der Waals surface area contributed by atoms with Crippen molar-refractivity contribution in [3.05, 3.63) is 11.6 Å².